The molecule has 1 saturated heterocycles. The number of ether oxygens (including phenoxy) is 1. The molecule has 9 heteroatoms. The van der Waals surface area contributed by atoms with E-state index in [1.54, 1.807) is 18.2 Å². The number of nitrogens with two attached hydrogens (primary N) is 1. The number of hydrogen-bond donors (Lipinski definition) is 3. The van der Waals surface area contributed by atoms with Crippen molar-refractivity contribution in [2.24, 2.45) is 5.73 Å². The molecule has 3 amide bonds. The van der Waals surface area contributed by atoms with Gasteiger partial charge < -0.3 is 21.1 Å². The monoisotopic (exact) mass is 464 g/mol. The van der Waals surface area contributed by atoms with Gasteiger partial charge in [-0.2, -0.15) is 0 Å². The van der Waals surface area contributed by atoms with E-state index in [0.717, 1.165) is 24.2 Å². The quantitative estimate of drug-likeness (QED) is 0.559. The number of benzene rings is 2. The van der Waals surface area contributed by atoms with Crippen molar-refractivity contribution in [2.75, 3.05) is 32.8 Å². The largest absolute Gasteiger partial charge is 0.374 e. The first-order valence-corrected chi connectivity index (χ1v) is 10.8. The van der Waals surface area contributed by atoms with Gasteiger partial charge in [-0.3, -0.25) is 9.69 Å². The Morgan fingerprint density at radius 3 is 2.52 bits per heavy atom. The number of amides is 3. The highest BCUT2D eigenvalue weighted by Gasteiger charge is 2.21. The summed E-state index contributed by atoms with van der Waals surface area (Å²) in [5.74, 6) is -0.454. The second-order valence-electron chi connectivity index (χ2n) is 7.42. The van der Waals surface area contributed by atoms with Crippen molar-refractivity contribution < 1.29 is 14.3 Å². The molecule has 3 rings (SSSR count). The fourth-order valence-electron chi connectivity index (χ4n) is 3.37. The molecule has 0 aliphatic carbocycles. The normalized spacial score (nSPS) is 16.6. The highest BCUT2D eigenvalue weighted by Crippen LogP contribution is 2.23. The van der Waals surface area contributed by atoms with Gasteiger partial charge in [0.05, 0.1) is 22.8 Å². The molecule has 1 fully saturated rings. The van der Waals surface area contributed by atoms with Crippen LogP contribution in [0.5, 0.6) is 0 Å². The van der Waals surface area contributed by atoms with Gasteiger partial charge in [-0.05, 0) is 41.8 Å². The van der Waals surface area contributed by atoms with Crippen molar-refractivity contribution in [1.82, 2.24) is 15.5 Å². The summed E-state index contributed by atoms with van der Waals surface area (Å²) >= 11 is 12.1. The topological polar surface area (TPSA) is 96.7 Å². The Labute approximate surface area is 191 Å². The fraction of sp³-hybridized carbons (Fsp3) is 0.364. The summed E-state index contributed by atoms with van der Waals surface area (Å²) in [6.07, 6.45) is 0.577. The summed E-state index contributed by atoms with van der Waals surface area (Å²) < 4.78 is 5.77. The van der Waals surface area contributed by atoms with E-state index < -0.39 is 5.91 Å². The van der Waals surface area contributed by atoms with Gasteiger partial charge in [-0.1, -0.05) is 41.4 Å². The van der Waals surface area contributed by atoms with E-state index in [0.29, 0.717) is 48.3 Å². The van der Waals surface area contributed by atoms with Crippen LogP contribution in [0.25, 0.3) is 0 Å². The highest BCUT2D eigenvalue weighted by atomic mass is 35.5. The van der Waals surface area contributed by atoms with E-state index in [9.17, 15) is 9.59 Å². The number of morpholine rings is 1. The molecule has 1 unspecified atom stereocenters. The number of halogens is 2. The summed E-state index contributed by atoms with van der Waals surface area (Å²) in [5.41, 5.74) is 7.80. The Hall–Kier alpha value is -2.32. The molecular formula is C22H26Cl2N4O3. The Balaban J connectivity index is 1.36. The zero-order valence-corrected chi connectivity index (χ0v) is 18.6. The van der Waals surface area contributed by atoms with Crippen LogP contribution in [0.1, 0.15) is 21.5 Å². The number of nitrogens with zero attached hydrogens (tertiary/aromatic N) is 1. The molecule has 1 heterocycles. The second-order valence-corrected chi connectivity index (χ2v) is 8.24. The Morgan fingerprint density at radius 1 is 1.06 bits per heavy atom. The third-order valence-corrected chi connectivity index (χ3v) is 5.78. The van der Waals surface area contributed by atoms with Crippen molar-refractivity contribution >= 4 is 35.1 Å². The second kappa shape index (κ2) is 11.3. The molecule has 1 aliphatic rings. The molecule has 0 aromatic heterocycles. The summed E-state index contributed by atoms with van der Waals surface area (Å²) in [5, 5.41) is 6.79. The molecule has 166 valence electrons. The maximum atomic E-state index is 12.1. The van der Waals surface area contributed by atoms with Crippen LogP contribution >= 0.6 is 23.2 Å². The van der Waals surface area contributed by atoms with Gasteiger partial charge in [-0.25, -0.2) is 4.79 Å². The number of rotatable bonds is 8. The lowest BCUT2D eigenvalue weighted by Gasteiger charge is -2.33. The lowest BCUT2D eigenvalue weighted by Crippen LogP contribution is -2.48. The van der Waals surface area contributed by atoms with Gasteiger partial charge in [0.15, 0.2) is 0 Å². The molecule has 0 spiro atoms. The van der Waals surface area contributed by atoms with Crippen molar-refractivity contribution in [3.8, 4) is 0 Å². The minimum absolute atomic E-state index is 0.0800. The molecular weight excluding hydrogens is 439 g/mol. The van der Waals surface area contributed by atoms with E-state index in [-0.39, 0.29) is 12.1 Å². The van der Waals surface area contributed by atoms with Crippen LogP contribution in [0.3, 0.4) is 0 Å². The van der Waals surface area contributed by atoms with Gasteiger partial charge in [0.2, 0.25) is 5.91 Å². The zero-order valence-electron chi connectivity index (χ0n) is 17.1. The predicted molar refractivity (Wildman–Crippen MR) is 122 cm³/mol. The van der Waals surface area contributed by atoms with E-state index >= 15 is 0 Å². The standard InChI is InChI=1S/C22H26Cl2N4O3/c23-19-6-3-16(11-20(19)24)13-28-9-10-31-18(14-28)12-27-22(30)26-8-7-15-1-4-17(5-2-15)21(25)29/h1-6,11,18H,7-10,12-14H2,(H2,25,29)(H2,26,27,30). The fourth-order valence-corrected chi connectivity index (χ4v) is 3.69. The Morgan fingerprint density at radius 2 is 1.81 bits per heavy atom. The van der Waals surface area contributed by atoms with Crippen molar-refractivity contribution in [3.63, 3.8) is 0 Å². The van der Waals surface area contributed by atoms with E-state index in [1.165, 1.54) is 0 Å². The lowest BCUT2D eigenvalue weighted by molar-refractivity contribution is -0.0287. The van der Waals surface area contributed by atoms with Gasteiger partial charge in [0.1, 0.15) is 0 Å². The molecule has 7 nitrogen and oxygen atoms in total. The Kier molecular flexibility index (Phi) is 8.54. The number of nitrogens with one attached hydrogen (secondary N) is 2. The summed E-state index contributed by atoms with van der Waals surface area (Å²) in [6, 6.07) is 12.4. The third kappa shape index (κ3) is 7.40. The van der Waals surface area contributed by atoms with Crippen molar-refractivity contribution in [2.45, 2.75) is 19.1 Å². The Bertz CT molecular complexity index is 908. The van der Waals surface area contributed by atoms with Crippen LogP contribution in [0.4, 0.5) is 4.79 Å². The molecule has 0 radical (unpaired) electrons. The number of hydrogen-bond acceptors (Lipinski definition) is 4. The van der Waals surface area contributed by atoms with Crippen LogP contribution in [0, 0.1) is 0 Å². The molecule has 1 atom stereocenters. The van der Waals surface area contributed by atoms with Crippen LogP contribution in [0.2, 0.25) is 10.0 Å². The maximum Gasteiger partial charge on any atom is 0.314 e. The molecule has 31 heavy (non-hydrogen) atoms. The molecule has 2 aromatic carbocycles. The highest BCUT2D eigenvalue weighted by molar-refractivity contribution is 6.42. The first-order chi connectivity index (χ1) is 14.9. The summed E-state index contributed by atoms with van der Waals surface area (Å²) in [6.45, 7) is 3.80. The van der Waals surface area contributed by atoms with Gasteiger partial charge in [0, 0.05) is 38.3 Å². The van der Waals surface area contributed by atoms with Gasteiger partial charge in [0.25, 0.3) is 0 Å². The molecule has 0 bridgehead atoms. The number of carbonyl (C=O) groups is 2. The average molecular weight is 465 g/mol. The molecule has 2 aromatic rings. The minimum atomic E-state index is -0.454. The van der Waals surface area contributed by atoms with Crippen LogP contribution < -0.4 is 16.4 Å². The van der Waals surface area contributed by atoms with Crippen molar-refractivity contribution in [3.05, 3.63) is 69.2 Å². The maximum absolute atomic E-state index is 12.1. The van der Waals surface area contributed by atoms with Crippen LogP contribution in [0.15, 0.2) is 42.5 Å². The predicted octanol–water partition coefficient (Wildman–Crippen LogP) is 2.84. The SMILES string of the molecule is NC(=O)c1ccc(CCNC(=O)NCC2CN(Cc3ccc(Cl)c(Cl)c3)CCO2)cc1. The van der Waals surface area contributed by atoms with E-state index in [4.69, 9.17) is 33.7 Å². The molecule has 1 aliphatic heterocycles. The first kappa shape index (κ1) is 23.3. The van der Waals surface area contributed by atoms with Crippen LogP contribution in [-0.4, -0.2) is 55.7 Å². The average Bonchev–Trinajstić information content (AvgIpc) is 2.75. The molecule has 4 N–H and O–H groups in total. The number of carbonyl (C=O) groups excluding carboxylic acids is 2. The summed E-state index contributed by atoms with van der Waals surface area (Å²) in [7, 11) is 0. The lowest BCUT2D eigenvalue weighted by atomic mass is 10.1. The molecule has 0 saturated carbocycles. The van der Waals surface area contributed by atoms with E-state index in [2.05, 4.69) is 15.5 Å². The minimum Gasteiger partial charge on any atom is -0.374 e. The number of urea groups is 1. The van der Waals surface area contributed by atoms with Gasteiger partial charge >= 0.3 is 6.03 Å². The van der Waals surface area contributed by atoms with Crippen LogP contribution in [-0.2, 0) is 17.7 Å². The third-order valence-electron chi connectivity index (χ3n) is 5.04. The first-order valence-electron chi connectivity index (χ1n) is 10.1. The summed E-state index contributed by atoms with van der Waals surface area (Å²) in [4.78, 5) is 25.4. The zero-order chi connectivity index (χ0) is 22.2. The van der Waals surface area contributed by atoms with E-state index in [1.807, 2.05) is 24.3 Å². The van der Waals surface area contributed by atoms with Gasteiger partial charge in [-0.15, -0.1) is 0 Å². The number of primary amides is 1. The van der Waals surface area contributed by atoms with Crippen molar-refractivity contribution in [1.29, 1.82) is 0 Å². The smallest absolute Gasteiger partial charge is 0.314 e.